The van der Waals surface area contributed by atoms with Gasteiger partial charge in [0.25, 0.3) is 5.91 Å². The predicted molar refractivity (Wildman–Crippen MR) is 147 cm³/mol. The maximum atomic E-state index is 13.5. The van der Waals surface area contributed by atoms with Crippen molar-refractivity contribution in [3.63, 3.8) is 0 Å². The van der Waals surface area contributed by atoms with Crippen molar-refractivity contribution in [1.29, 1.82) is 0 Å². The molecule has 3 aliphatic rings. The number of phenolic OH excluding ortho intramolecular Hbond substituents is 1. The average Bonchev–Trinajstić information content (AvgIpc) is 3.72. The lowest BCUT2D eigenvalue weighted by molar-refractivity contribution is -0.157. The van der Waals surface area contributed by atoms with Crippen molar-refractivity contribution in [2.75, 3.05) is 19.6 Å². The molecule has 0 spiro atoms. The lowest BCUT2D eigenvalue weighted by atomic mass is 9.57. The Hall–Kier alpha value is -3.38. The summed E-state index contributed by atoms with van der Waals surface area (Å²) in [6.45, 7) is 4.38. The van der Waals surface area contributed by atoms with Crippen LogP contribution >= 0.6 is 0 Å². The fourth-order valence-corrected chi connectivity index (χ4v) is 6.96. The fourth-order valence-electron chi connectivity index (χ4n) is 6.96. The highest BCUT2D eigenvalue weighted by atomic mass is 16.5. The van der Waals surface area contributed by atoms with E-state index in [9.17, 15) is 14.7 Å². The molecule has 3 aromatic rings. The zero-order chi connectivity index (χ0) is 26.3. The normalized spacial score (nSPS) is 27.4. The van der Waals surface area contributed by atoms with Crippen molar-refractivity contribution in [2.45, 2.75) is 56.6 Å². The number of benzene rings is 3. The van der Waals surface area contributed by atoms with Gasteiger partial charge in [0.15, 0.2) is 0 Å². The highest BCUT2D eigenvalue weighted by Crippen LogP contribution is 2.51. The Bertz CT molecular complexity index is 1350. The van der Waals surface area contributed by atoms with Crippen LogP contribution in [0.15, 0.2) is 66.7 Å². The number of likely N-dealkylation sites (tertiary alicyclic amines) is 1. The van der Waals surface area contributed by atoms with E-state index in [1.807, 2.05) is 54.6 Å². The van der Waals surface area contributed by atoms with Crippen LogP contribution in [0.4, 0.5) is 0 Å². The lowest BCUT2D eigenvalue weighted by Crippen LogP contribution is -2.61. The van der Waals surface area contributed by atoms with E-state index in [-0.39, 0.29) is 41.1 Å². The SMILES string of the molecule is CC(=O)OC1C[C@H](NC(=O)c2ccc3ccccc3c2)C[C@]2(c3cccc(O)c3)CCN(CC3CC3)C[C@@H]12. The number of nitrogens with one attached hydrogen (secondary N) is 1. The van der Waals surface area contributed by atoms with Gasteiger partial charge < -0.3 is 20.1 Å². The first-order valence-corrected chi connectivity index (χ1v) is 13.9. The lowest BCUT2D eigenvalue weighted by Gasteiger charge is -2.55. The maximum Gasteiger partial charge on any atom is 0.302 e. The van der Waals surface area contributed by atoms with E-state index >= 15 is 0 Å². The van der Waals surface area contributed by atoms with E-state index < -0.39 is 0 Å². The Morgan fingerprint density at radius 1 is 1.05 bits per heavy atom. The van der Waals surface area contributed by atoms with Crippen LogP contribution in [0.3, 0.4) is 0 Å². The van der Waals surface area contributed by atoms with Crippen molar-refractivity contribution >= 4 is 22.6 Å². The summed E-state index contributed by atoms with van der Waals surface area (Å²) in [4.78, 5) is 28.3. The number of aromatic hydroxyl groups is 1. The smallest absolute Gasteiger partial charge is 0.302 e. The maximum absolute atomic E-state index is 13.5. The molecule has 1 amide bonds. The molecule has 1 unspecified atom stereocenters. The fraction of sp³-hybridized carbons (Fsp3) is 0.438. The number of rotatable bonds is 6. The zero-order valence-electron chi connectivity index (χ0n) is 21.9. The molecule has 0 radical (unpaired) electrons. The first-order chi connectivity index (χ1) is 18.4. The number of fused-ring (bicyclic) bond motifs is 2. The van der Waals surface area contributed by atoms with Crippen molar-refractivity contribution in [3.8, 4) is 5.75 Å². The van der Waals surface area contributed by atoms with Gasteiger partial charge in [0.2, 0.25) is 0 Å². The highest BCUT2D eigenvalue weighted by Gasteiger charge is 2.54. The summed E-state index contributed by atoms with van der Waals surface area (Å²) in [6, 6.07) is 21.2. The molecule has 6 nitrogen and oxygen atoms in total. The Kier molecular flexibility index (Phi) is 6.60. The molecule has 1 saturated heterocycles. The summed E-state index contributed by atoms with van der Waals surface area (Å²) < 4.78 is 6.00. The molecule has 3 fully saturated rings. The van der Waals surface area contributed by atoms with Crippen LogP contribution in [-0.4, -0.2) is 53.7 Å². The number of carbonyl (C=O) groups excluding carboxylic acids is 2. The molecule has 0 bridgehead atoms. The summed E-state index contributed by atoms with van der Waals surface area (Å²) >= 11 is 0. The Morgan fingerprint density at radius 3 is 2.63 bits per heavy atom. The number of nitrogens with zero attached hydrogens (tertiary/aromatic N) is 1. The van der Waals surface area contributed by atoms with E-state index in [0.29, 0.717) is 12.0 Å². The van der Waals surface area contributed by atoms with Crippen LogP contribution in [0.5, 0.6) is 5.75 Å². The molecule has 1 aliphatic heterocycles. The van der Waals surface area contributed by atoms with Gasteiger partial charge in [-0.3, -0.25) is 9.59 Å². The second-order valence-electron chi connectivity index (χ2n) is 11.6. The van der Waals surface area contributed by atoms with Gasteiger partial charge in [0, 0.05) is 49.4 Å². The molecule has 198 valence electrons. The van der Waals surface area contributed by atoms with Crippen LogP contribution in [0, 0.1) is 11.8 Å². The van der Waals surface area contributed by atoms with Crippen molar-refractivity contribution in [1.82, 2.24) is 10.2 Å². The third kappa shape index (κ3) is 5.02. The van der Waals surface area contributed by atoms with E-state index in [1.54, 1.807) is 6.07 Å². The quantitative estimate of drug-likeness (QED) is 0.453. The number of piperidine rings is 1. The van der Waals surface area contributed by atoms with Gasteiger partial charge in [0.1, 0.15) is 11.9 Å². The molecule has 1 heterocycles. The average molecular weight is 513 g/mol. The largest absolute Gasteiger partial charge is 0.508 e. The number of ether oxygens (including phenoxy) is 1. The Labute approximate surface area is 224 Å². The number of amides is 1. The molecular weight excluding hydrogens is 476 g/mol. The van der Waals surface area contributed by atoms with Crippen LogP contribution in [-0.2, 0) is 14.9 Å². The third-order valence-electron chi connectivity index (χ3n) is 8.91. The molecule has 38 heavy (non-hydrogen) atoms. The van der Waals surface area contributed by atoms with Crippen LogP contribution in [0.25, 0.3) is 10.8 Å². The topological polar surface area (TPSA) is 78.9 Å². The van der Waals surface area contributed by atoms with Crippen LogP contribution < -0.4 is 5.32 Å². The van der Waals surface area contributed by atoms with Crippen molar-refractivity contribution in [2.24, 2.45) is 11.8 Å². The zero-order valence-corrected chi connectivity index (χ0v) is 21.9. The molecule has 2 aliphatic carbocycles. The number of esters is 1. The van der Waals surface area contributed by atoms with Gasteiger partial charge in [0.05, 0.1) is 0 Å². The summed E-state index contributed by atoms with van der Waals surface area (Å²) in [5, 5.41) is 15.8. The molecule has 4 atom stereocenters. The van der Waals surface area contributed by atoms with E-state index in [1.165, 1.54) is 19.8 Å². The first-order valence-electron chi connectivity index (χ1n) is 13.9. The summed E-state index contributed by atoms with van der Waals surface area (Å²) in [6.07, 6.45) is 4.52. The minimum Gasteiger partial charge on any atom is -0.508 e. The van der Waals surface area contributed by atoms with Crippen LogP contribution in [0.2, 0.25) is 0 Å². The third-order valence-corrected chi connectivity index (χ3v) is 8.91. The van der Waals surface area contributed by atoms with E-state index in [0.717, 1.165) is 54.7 Å². The number of hydrogen-bond acceptors (Lipinski definition) is 5. The van der Waals surface area contributed by atoms with Gasteiger partial charge in [-0.25, -0.2) is 0 Å². The van der Waals surface area contributed by atoms with E-state index in [4.69, 9.17) is 4.74 Å². The first kappa shape index (κ1) is 24.9. The predicted octanol–water partition coefficient (Wildman–Crippen LogP) is 5.04. The summed E-state index contributed by atoms with van der Waals surface area (Å²) in [7, 11) is 0. The van der Waals surface area contributed by atoms with Gasteiger partial charge in [-0.05, 0) is 78.7 Å². The molecule has 2 N–H and O–H groups in total. The Balaban J connectivity index is 1.31. The molecule has 3 aromatic carbocycles. The monoisotopic (exact) mass is 512 g/mol. The van der Waals surface area contributed by atoms with Crippen molar-refractivity contribution < 1.29 is 19.4 Å². The molecule has 6 rings (SSSR count). The minimum atomic E-state index is -0.312. The second-order valence-corrected chi connectivity index (χ2v) is 11.6. The van der Waals surface area contributed by atoms with E-state index in [2.05, 4.69) is 16.3 Å². The second kappa shape index (κ2) is 10.1. The van der Waals surface area contributed by atoms with Crippen LogP contribution in [0.1, 0.15) is 54.9 Å². The van der Waals surface area contributed by atoms with Crippen molar-refractivity contribution in [3.05, 3.63) is 77.9 Å². The van der Waals surface area contributed by atoms with Gasteiger partial charge in [-0.2, -0.15) is 0 Å². The number of hydrogen-bond donors (Lipinski definition) is 2. The van der Waals surface area contributed by atoms with Gasteiger partial charge in [-0.15, -0.1) is 0 Å². The molecule has 2 saturated carbocycles. The summed E-state index contributed by atoms with van der Waals surface area (Å²) in [5.74, 6) is 0.712. The highest BCUT2D eigenvalue weighted by molar-refractivity contribution is 5.98. The standard InChI is InChI=1S/C32H36N2O4/c1-21(35)38-30-17-27(33-31(37)25-12-11-23-5-2-3-6-24(23)15-25)18-32(26-7-4-8-28(36)16-26)13-14-34(20-29(30)32)19-22-9-10-22/h2-8,11-12,15-16,22,27,29-30,36H,9-10,13-14,17-20H2,1H3,(H,33,37)/t27-,29-,30?,32-/m0/s1. The Morgan fingerprint density at radius 2 is 1.87 bits per heavy atom. The number of carbonyl (C=O) groups is 2. The molecule has 0 aromatic heterocycles. The minimum absolute atomic E-state index is 0.0921. The summed E-state index contributed by atoms with van der Waals surface area (Å²) in [5.41, 5.74) is 1.38. The van der Waals surface area contributed by atoms with Gasteiger partial charge >= 0.3 is 5.97 Å². The van der Waals surface area contributed by atoms with Gasteiger partial charge in [-0.1, -0.05) is 42.5 Å². The molecule has 6 heteroatoms. The molecular formula is C32H36N2O4. The number of phenols is 1.